The number of hydrogen-bond donors (Lipinski definition) is 2. The number of nitrogens with one attached hydrogen (secondary N) is 1. The van der Waals surface area contributed by atoms with Crippen LogP contribution in [0.15, 0.2) is 35.4 Å². The van der Waals surface area contributed by atoms with Crippen LogP contribution in [0.3, 0.4) is 0 Å². The van der Waals surface area contributed by atoms with Crippen molar-refractivity contribution in [1.82, 2.24) is 15.0 Å². The van der Waals surface area contributed by atoms with E-state index in [9.17, 15) is 31.5 Å². The molecule has 0 aromatic carbocycles. The van der Waals surface area contributed by atoms with E-state index in [4.69, 9.17) is 5.73 Å². The van der Waals surface area contributed by atoms with Crippen molar-refractivity contribution in [2.75, 3.05) is 0 Å². The first-order valence-electron chi connectivity index (χ1n) is 11.7. The molecule has 0 radical (unpaired) electrons. The molecular formula is C25H23F5N4O2. The van der Waals surface area contributed by atoms with Gasteiger partial charge in [-0.3, -0.25) is 19.6 Å². The number of rotatable bonds is 4. The van der Waals surface area contributed by atoms with Crippen molar-refractivity contribution < 1.29 is 26.7 Å². The number of aromatic amines is 1. The normalized spacial score (nSPS) is 22.4. The molecule has 2 fully saturated rings. The number of H-pyrrole nitrogens is 1. The second kappa shape index (κ2) is 8.63. The van der Waals surface area contributed by atoms with Gasteiger partial charge in [-0.25, -0.2) is 8.78 Å². The zero-order valence-corrected chi connectivity index (χ0v) is 19.0. The number of carbonyl (C=O) groups excluding carboxylic acids is 1. The summed E-state index contributed by atoms with van der Waals surface area (Å²) in [5, 5.41) is 0.0299. The average Bonchev–Trinajstić information content (AvgIpc) is 2.81. The van der Waals surface area contributed by atoms with Gasteiger partial charge < -0.3 is 10.7 Å². The smallest absolute Gasteiger partial charge is 0.364 e. The van der Waals surface area contributed by atoms with E-state index in [1.165, 1.54) is 24.5 Å². The van der Waals surface area contributed by atoms with Gasteiger partial charge >= 0.3 is 6.18 Å². The van der Waals surface area contributed by atoms with Crippen LogP contribution in [0.1, 0.15) is 72.1 Å². The van der Waals surface area contributed by atoms with Gasteiger partial charge in [0.05, 0.1) is 22.5 Å². The molecule has 0 spiro atoms. The van der Waals surface area contributed by atoms with Crippen molar-refractivity contribution in [3.8, 4) is 11.3 Å². The number of pyridine rings is 3. The SMILES string of the molecule is NC(=O)c1nccc2[nH]c(-c3cnc(C4CC(F)(F)C4)cc3C3CCC(C(F)(F)F)CC3)cc(=O)c12. The number of nitrogens with zero attached hydrogens (tertiary/aromatic N) is 2. The van der Waals surface area contributed by atoms with Gasteiger partial charge in [0.2, 0.25) is 5.92 Å². The number of nitrogens with two attached hydrogens (primary N) is 1. The van der Waals surface area contributed by atoms with Crippen LogP contribution in [0.4, 0.5) is 22.0 Å². The molecule has 2 saturated carbocycles. The highest BCUT2D eigenvalue weighted by Gasteiger charge is 2.47. The van der Waals surface area contributed by atoms with E-state index < -0.39 is 35.3 Å². The molecule has 3 aromatic rings. The Hall–Kier alpha value is -3.37. The summed E-state index contributed by atoms with van der Waals surface area (Å²) < 4.78 is 66.7. The van der Waals surface area contributed by atoms with E-state index >= 15 is 0 Å². The summed E-state index contributed by atoms with van der Waals surface area (Å²) in [7, 11) is 0. The van der Waals surface area contributed by atoms with Crippen LogP contribution in [0.5, 0.6) is 0 Å². The van der Waals surface area contributed by atoms with E-state index in [1.54, 1.807) is 6.07 Å². The summed E-state index contributed by atoms with van der Waals surface area (Å²) in [4.78, 5) is 36.0. The van der Waals surface area contributed by atoms with E-state index in [0.717, 1.165) is 0 Å². The minimum absolute atomic E-state index is 0.0299. The van der Waals surface area contributed by atoms with Gasteiger partial charge in [-0.15, -0.1) is 0 Å². The van der Waals surface area contributed by atoms with Crippen molar-refractivity contribution >= 4 is 16.8 Å². The first-order valence-corrected chi connectivity index (χ1v) is 11.7. The zero-order chi connectivity index (χ0) is 25.8. The average molecular weight is 506 g/mol. The number of primary amides is 1. The van der Waals surface area contributed by atoms with E-state index in [-0.39, 0.29) is 55.5 Å². The Morgan fingerprint density at radius 3 is 2.36 bits per heavy atom. The fraction of sp³-hybridized carbons (Fsp3) is 0.440. The van der Waals surface area contributed by atoms with Crippen LogP contribution in [0, 0.1) is 5.92 Å². The highest BCUT2D eigenvalue weighted by atomic mass is 19.4. The Labute approximate surface area is 202 Å². The molecule has 1 amide bonds. The maximum Gasteiger partial charge on any atom is 0.391 e. The summed E-state index contributed by atoms with van der Waals surface area (Å²) in [6.07, 6.45) is -1.60. The predicted molar refractivity (Wildman–Crippen MR) is 122 cm³/mol. The van der Waals surface area contributed by atoms with Crippen LogP contribution < -0.4 is 11.2 Å². The maximum absolute atomic E-state index is 13.5. The molecule has 3 heterocycles. The lowest BCUT2D eigenvalue weighted by Crippen LogP contribution is -2.34. The largest absolute Gasteiger partial charge is 0.391 e. The maximum atomic E-state index is 13.5. The summed E-state index contributed by atoms with van der Waals surface area (Å²) in [5.41, 5.74) is 7.00. The first kappa shape index (κ1) is 24.3. The van der Waals surface area contributed by atoms with Crippen molar-refractivity contribution in [3.63, 3.8) is 0 Å². The van der Waals surface area contributed by atoms with Crippen molar-refractivity contribution in [2.45, 2.75) is 62.5 Å². The predicted octanol–water partition coefficient (Wildman–Crippen LogP) is 5.43. The summed E-state index contributed by atoms with van der Waals surface area (Å²) in [5.74, 6) is -5.66. The Bertz CT molecular complexity index is 1390. The van der Waals surface area contributed by atoms with Crippen molar-refractivity contribution in [1.29, 1.82) is 0 Å². The second-order valence-electron chi connectivity index (χ2n) is 9.74. The molecule has 0 bridgehead atoms. The van der Waals surface area contributed by atoms with Crippen LogP contribution in [0.25, 0.3) is 22.2 Å². The Kier molecular flexibility index (Phi) is 5.83. The molecule has 0 atom stereocenters. The molecule has 3 N–H and O–H groups in total. The van der Waals surface area contributed by atoms with Gasteiger partial charge in [0.1, 0.15) is 5.69 Å². The Balaban J connectivity index is 1.58. The topological polar surface area (TPSA) is 102 Å². The lowest BCUT2D eigenvalue weighted by Gasteiger charge is -2.35. The third-order valence-electron chi connectivity index (χ3n) is 7.36. The number of aromatic nitrogens is 3. The highest BCUT2D eigenvalue weighted by molar-refractivity contribution is 6.03. The molecule has 5 rings (SSSR count). The van der Waals surface area contributed by atoms with Gasteiger partial charge in [-0.05, 0) is 49.3 Å². The number of fused-ring (bicyclic) bond motifs is 1. The molecule has 6 nitrogen and oxygen atoms in total. The molecule has 0 aliphatic heterocycles. The molecule has 0 unspecified atom stereocenters. The lowest BCUT2D eigenvalue weighted by atomic mass is 9.75. The number of amides is 1. The van der Waals surface area contributed by atoms with Gasteiger partial charge in [0.25, 0.3) is 5.91 Å². The van der Waals surface area contributed by atoms with E-state index in [1.807, 2.05) is 0 Å². The third-order valence-corrected chi connectivity index (χ3v) is 7.36. The molecule has 2 aliphatic carbocycles. The van der Waals surface area contributed by atoms with Crippen LogP contribution >= 0.6 is 0 Å². The molecule has 36 heavy (non-hydrogen) atoms. The standard InChI is InChI=1S/C25H23F5N4O2/c26-24(27)9-13(10-24)18-7-15(12-1-3-14(4-2-12)25(28,29)30)16(11-33-18)19-8-20(35)21-17(34-19)5-6-32-22(21)23(31)36/h5-8,11-14H,1-4,9-10H2,(H2,31,36)(H,34,35). The number of hydrogen-bond acceptors (Lipinski definition) is 4. The van der Waals surface area contributed by atoms with Gasteiger partial charge in [0, 0.05) is 48.5 Å². The van der Waals surface area contributed by atoms with Gasteiger partial charge in [-0.1, -0.05) is 0 Å². The van der Waals surface area contributed by atoms with Crippen LogP contribution in [-0.4, -0.2) is 33.0 Å². The van der Waals surface area contributed by atoms with Crippen LogP contribution in [-0.2, 0) is 0 Å². The van der Waals surface area contributed by atoms with Crippen molar-refractivity contribution in [2.24, 2.45) is 11.7 Å². The number of halogens is 5. The minimum atomic E-state index is -4.26. The minimum Gasteiger partial charge on any atom is -0.364 e. The fourth-order valence-electron chi connectivity index (χ4n) is 5.41. The molecule has 11 heteroatoms. The number of alkyl halides is 5. The quantitative estimate of drug-likeness (QED) is 0.461. The zero-order valence-electron chi connectivity index (χ0n) is 19.0. The first-order chi connectivity index (χ1) is 16.9. The van der Waals surface area contributed by atoms with Gasteiger partial charge in [-0.2, -0.15) is 13.2 Å². The number of carbonyl (C=O) groups is 1. The second-order valence-corrected chi connectivity index (χ2v) is 9.74. The monoisotopic (exact) mass is 506 g/mol. The van der Waals surface area contributed by atoms with E-state index in [2.05, 4.69) is 15.0 Å². The molecular weight excluding hydrogens is 483 g/mol. The Morgan fingerprint density at radius 1 is 1.06 bits per heavy atom. The Morgan fingerprint density at radius 2 is 1.75 bits per heavy atom. The van der Waals surface area contributed by atoms with Crippen LogP contribution in [0.2, 0.25) is 0 Å². The summed E-state index contributed by atoms with van der Waals surface area (Å²) in [6.45, 7) is 0. The van der Waals surface area contributed by atoms with Crippen molar-refractivity contribution in [3.05, 3.63) is 57.8 Å². The molecule has 190 valence electrons. The molecule has 3 aromatic heterocycles. The van der Waals surface area contributed by atoms with Gasteiger partial charge in [0.15, 0.2) is 5.43 Å². The summed E-state index contributed by atoms with van der Waals surface area (Å²) >= 11 is 0. The highest BCUT2D eigenvalue weighted by Crippen LogP contribution is 2.50. The molecule has 2 aliphatic rings. The fourth-order valence-corrected chi connectivity index (χ4v) is 5.41. The summed E-state index contributed by atoms with van der Waals surface area (Å²) in [6, 6.07) is 4.49. The molecule has 0 saturated heterocycles. The van der Waals surface area contributed by atoms with E-state index in [0.29, 0.717) is 28.0 Å². The third kappa shape index (κ3) is 4.46. The lowest BCUT2D eigenvalue weighted by molar-refractivity contribution is -0.182.